The Labute approximate surface area is 101 Å². The van der Waals surface area contributed by atoms with Crippen molar-refractivity contribution in [3.05, 3.63) is 29.6 Å². The summed E-state index contributed by atoms with van der Waals surface area (Å²) in [6, 6.07) is 3.29. The van der Waals surface area contributed by atoms with Crippen molar-refractivity contribution in [2.75, 3.05) is 13.7 Å². The highest BCUT2D eigenvalue weighted by atomic mass is 16.5. The van der Waals surface area contributed by atoms with Gasteiger partial charge in [-0.3, -0.25) is 9.78 Å². The lowest BCUT2D eigenvalue weighted by Gasteiger charge is -2.12. The van der Waals surface area contributed by atoms with Crippen LogP contribution in [0.3, 0.4) is 0 Å². The predicted molar refractivity (Wildman–Crippen MR) is 65.3 cm³/mol. The minimum Gasteiger partial charge on any atom is -0.385 e. The summed E-state index contributed by atoms with van der Waals surface area (Å²) in [6.45, 7) is 2.85. The average molecular weight is 237 g/mol. The van der Waals surface area contributed by atoms with E-state index in [-0.39, 0.29) is 5.91 Å². The van der Waals surface area contributed by atoms with Gasteiger partial charge in [-0.15, -0.1) is 0 Å². The van der Waals surface area contributed by atoms with Crippen molar-refractivity contribution in [1.82, 2.24) is 10.3 Å². The number of nitrogens with zero attached hydrogens (tertiary/aromatic N) is 1. The zero-order valence-corrected chi connectivity index (χ0v) is 10.3. The van der Waals surface area contributed by atoms with Gasteiger partial charge in [0.05, 0.1) is 18.3 Å². The lowest BCUT2D eigenvalue weighted by atomic mass is 10.2. The molecule has 0 radical (unpaired) electrons. The van der Waals surface area contributed by atoms with E-state index in [9.17, 15) is 4.79 Å². The number of hydrogen-bond donors (Lipinski definition) is 2. The molecule has 1 aromatic heterocycles. The van der Waals surface area contributed by atoms with Crippen LogP contribution in [-0.2, 0) is 16.1 Å². The molecule has 94 valence electrons. The van der Waals surface area contributed by atoms with Crippen molar-refractivity contribution < 1.29 is 9.53 Å². The zero-order chi connectivity index (χ0) is 12.7. The van der Waals surface area contributed by atoms with Gasteiger partial charge in [-0.2, -0.15) is 0 Å². The van der Waals surface area contributed by atoms with Crippen molar-refractivity contribution in [2.24, 2.45) is 5.73 Å². The molecule has 1 rings (SSSR count). The average Bonchev–Trinajstić information content (AvgIpc) is 2.34. The molecule has 0 bridgehead atoms. The number of ether oxygens (including phenoxy) is 1. The second-order valence-electron chi connectivity index (χ2n) is 3.87. The van der Waals surface area contributed by atoms with Crippen LogP contribution in [0.4, 0.5) is 0 Å². The number of aryl methyl sites for hydroxylation is 1. The summed E-state index contributed by atoms with van der Waals surface area (Å²) in [5.74, 6) is -0.174. The van der Waals surface area contributed by atoms with Gasteiger partial charge in [0.15, 0.2) is 0 Å². The topological polar surface area (TPSA) is 77.2 Å². The van der Waals surface area contributed by atoms with E-state index >= 15 is 0 Å². The number of carbonyl (C=O) groups excluding carboxylic acids is 1. The highest BCUT2D eigenvalue weighted by Crippen LogP contribution is 2.02. The third kappa shape index (κ3) is 4.50. The lowest BCUT2D eigenvalue weighted by molar-refractivity contribution is -0.122. The highest BCUT2D eigenvalue weighted by molar-refractivity contribution is 5.81. The molecular weight excluding hydrogens is 218 g/mol. The maximum Gasteiger partial charge on any atom is 0.237 e. The van der Waals surface area contributed by atoms with E-state index in [0.29, 0.717) is 19.6 Å². The molecule has 0 aromatic carbocycles. The first-order chi connectivity index (χ1) is 8.15. The van der Waals surface area contributed by atoms with Crippen molar-refractivity contribution >= 4 is 5.91 Å². The van der Waals surface area contributed by atoms with Gasteiger partial charge in [-0.05, 0) is 25.0 Å². The van der Waals surface area contributed by atoms with Gasteiger partial charge in [0.25, 0.3) is 0 Å². The first-order valence-electron chi connectivity index (χ1n) is 5.58. The Hall–Kier alpha value is -1.46. The second-order valence-corrected chi connectivity index (χ2v) is 3.87. The van der Waals surface area contributed by atoms with E-state index in [1.807, 2.05) is 19.1 Å². The van der Waals surface area contributed by atoms with Crippen molar-refractivity contribution in [3.63, 3.8) is 0 Å². The van der Waals surface area contributed by atoms with E-state index in [4.69, 9.17) is 10.5 Å². The van der Waals surface area contributed by atoms with Crippen molar-refractivity contribution in [2.45, 2.75) is 25.9 Å². The Bertz CT molecular complexity index is 369. The molecule has 0 fully saturated rings. The monoisotopic (exact) mass is 237 g/mol. The van der Waals surface area contributed by atoms with Crippen LogP contribution < -0.4 is 11.1 Å². The summed E-state index contributed by atoms with van der Waals surface area (Å²) in [7, 11) is 1.59. The summed E-state index contributed by atoms with van der Waals surface area (Å²) in [5.41, 5.74) is 7.61. The number of pyridine rings is 1. The molecule has 1 amide bonds. The van der Waals surface area contributed by atoms with Crippen LogP contribution in [0.15, 0.2) is 18.3 Å². The molecule has 3 N–H and O–H groups in total. The number of aromatic nitrogens is 1. The van der Waals surface area contributed by atoms with E-state index in [1.165, 1.54) is 0 Å². The maximum absolute atomic E-state index is 11.6. The summed E-state index contributed by atoms with van der Waals surface area (Å²) in [4.78, 5) is 15.8. The van der Waals surface area contributed by atoms with Crippen LogP contribution in [-0.4, -0.2) is 30.6 Å². The van der Waals surface area contributed by atoms with Gasteiger partial charge in [-0.1, -0.05) is 6.07 Å². The van der Waals surface area contributed by atoms with Gasteiger partial charge in [0.1, 0.15) is 0 Å². The van der Waals surface area contributed by atoms with E-state index in [2.05, 4.69) is 10.3 Å². The smallest absolute Gasteiger partial charge is 0.237 e. The van der Waals surface area contributed by atoms with Gasteiger partial charge in [0.2, 0.25) is 5.91 Å². The Balaban J connectivity index is 2.40. The third-order valence-electron chi connectivity index (χ3n) is 2.52. The molecule has 0 aliphatic heterocycles. The van der Waals surface area contributed by atoms with Crippen LogP contribution in [0.2, 0.25) is 0 Å². The summed E-state index contributed by atoms with van der Waals surface area (Å²) >= 11 is 0. The normalized spacial score (nSPS) is 12.2. The van der Waals surface area contributed by atoms with Crippen molar-refractivity contribution in [1.29, 1.82) is 0 Å². The predicted octanol–water partition coefficient (Wildman–Crippen LogP) is 0.370. The number of amides is 1. The molecule has 1 atom stereocenters. The maximum atomic E-state index is 11.6. The van der Waals surface area contributed by atoms with E-state index in [0.717, 1.165) is 11.3 Å². The van der Waals surface area contributed by atoms with E-state index < -0.39 is 6.04 Å². The first-order valence-corrected chi connectivity index (χ1v) is 5.58. The summed E-state index contributed by atoms with van der Waals surface area (Å²) in [5, 5.41) is 2.77. The van der Waals surface area contributed by atoms with Gasteiger partial charge >= 0.3 is 0 Å². The molecule has 0 saturated carbocycles. The number of rotatable bonds is 6. The lowest BCUT2D eigenvalue weighted by Crippen LogP contribution is -2.41. The number of methoxy groups -OCH3 is 1. The zero-order valence-electron chi connectivity index (χ0n) is 10.3. The number of nitrogens with one attached hydrogen (secondary N) is 1. The quantitative estimate of drug-likeness (QED) is 0.749. The molecule has 1 unspecified atom stereocenters. The standard InChI is InChI=1S/C12H19N3O2/c1-9-4-3-6-14-11(9)8-15-12(16)10(13)5-7-17-2/h3-4,6,10H,5,7-8,13H2,1-2H3,(H,15,16). The van der Waals surface area contributed by atoms with Crippen LogP contribution in [0.5, 0.6) is 0 Å². The minimum atomic E-state index is -0.529. The molecule has 0 saturated heterocycles. The van der Waals surface area contributed by atoms with Crippen molar-refractivity contribution in [3.8, 4) is 0 Å². The van der Waals surface area contributed by atoms with Crippen LogP contribution in [0.25, 0.3) is 0 Å². The molecular formula is C12H19N3O2. The van der Waals surface area contributed by atoms with E-state index in [1.54, 1.807) is 13.3 Å². The van der Waals surface area contributed by atoms with Crippen LogP contribution in [0, 0.1) is 6.92 Å². The molecule has 0 spiro atoms. The third-order valence-corrected chi connectivity index (χ3v) is 2.52. The molecule has 0 aliphatic rings. The van der Waals surface area contributed by atoms with Gasteiger partial charge < -0.3 is 15.8 Å². The number of hydrogen-bond acceptors (Lipinski definition) is 4. The van der Waals surface area contributed by atoms with Gasteiger partial charge in [-0.25, -0.2) is 0 Å². The fourth-order valence-corrected chi connectivity index (χ4v) is 1.38. The summed E-state index contributed by atoms with van der Waals surface area (Å²) in [6.07, 6.45) is 2.23. The molecule has 17 heavy (non-hydrogen) atoms. The SMILES string of the molecule is COCCC(N)C(=O)NCc1ncccc1C. The van der Waals surface area contributed by atoms with Gasteiger partial charge in [0, 0.05) is 19.9 Å². The number of nitrogens with two attached hydrogens (primary N) is 1. The first kappa shape index (κ1) is 13.6. The fourth-order valence-electron chi connectivity index (χ4n) is 1.38. The van der Waals surface area contributed by atoms with Crippen LogP contribution >= 0.6 is 0 Å². The Morgan fingerprint density at radius 3 is 3.06 bits per heavy atom. The Morgan fingerprint density at radius 2 is 2.41 bits per heavy atom. The molecule has 1 aromatic rings. The highest BCUT2D eigenvalue weighted by Gasteiger charge is 2.12. The minimum absolute atomic E-state index is 0.174. The summed E-state index contributed by atoms with van der Waals surface area (Å²) < 4.78 is 4.87. The molecule has 1 heterocycles. The largest absolute Gasteiger partial charge is 0.385 e. The second kappa shape index (κ2) is 6.98. The van der Waals surface area contributed by atoms with Crippen LogP contribution in [0.1, 0.15) is 17.7 Å². The Kier molecular flexibility index (Phi) is 5.59. The molecule has 5 heteroatoms. The Morgan fingerprint density at radius 1 is 1.65 bits per heavy atom. The molecule has 0 aliphatic carbocycles. The number of carbonyl (C=O) groups is 1. The molecule has 5 nitrogen and oxygen atoms in total. The fraction of sp³-hybridized carbons (Fsp3) is 0.500.